The third-order valence-electron chi connectivity index (χ3n) is 2.04. The maximum atomic E-state index is 11.7. The van der Waals surface area contributed by atoms with Crippen LogP contribution in [0.5, 0.6) is 0 Å². The Kier molecular flexibility index (Phi) is 5.49. The Hall–Kier alpha value is -0.351. The van der Waals surface area contributed by atoms with Crippen LogP contribution in [0.25, 0.3) is 0 Å². The van der Waals surface area contributed by atoms with Crippen LogP contribution in [-0.2, 0) is 14.3 Å². The van der Waals surface area contributed by atoms with E-state index in [1.54, 1.807) is 24.3 Å². The van der Waals surface area contributed by atoms with Crippen molar-refractivity contribution in [1.82, 2.24) is 0 Å². The molecule has 0 aliphatic heterocycles. The van der Waals surface area contributed by atoms with E-state index < -0.39 is 10.1 Å². The van der Waals surface area contributed by atoms with Gasteiger partial charge < -0.3 is 0 Å². The predicted octanol–water partition coefficient (Wildman–Crippen LogP) is 2.26. The summed E-state index contributed by atoms with van der Waals surface area (Å²) in [5.74, 6) is 2.13. The topological polar surface area (TPSA) is 43.4 Å². The van der Waals surface area contributed by atoms with E-state index >= 15 is 0 Å². The van der Waals surface area contributed by atoms with Crippen molar-refractivity contribution in [2.24, 2.45) is 0 Å². The molecular weight excluding hydrogens is 287 g/mol. The molecule has 1 aromatic carbocycles. The van der Waals surface area contributed by atoms with Crippen LogP contribution in [0.3, 0.4) is 0 Å². The van der Waals surface area contributed by atoms with Crippen LogP contribution in [0, 0.1) is 6.92 Å². The molecule has 0 atom stereocenters. The van der Waals surface area contributed by atoms with E-state index in [-0.39, 0.29) is 11.5 Å². The van der Waals surface area contributed by atoms with E-state index in [2.05, 4.69) is 5.82 Å². The molecule has 5 heteroatoms. The first kappa shape index (κ1) is 13.7. The molecule has 0 fully saturated rings. The Morgan fingerprint density at radius 3 is 2.44 bits per heavy atom. The molecule has 0 saturated carbocycles. The Morgan fingerprint density at radius 2 is 1.88 bits per heavy atom. The molecule has 0 N–H and O–H groups in total. The Morgan fingerprint density at radius 1 is 1.25 bits per heavy atom. The molecule has 1 rings (SSSR count). The molecule has 0 aliphatic carbocycles. The van der Waals surface area contributed by atoms with Gasteiger partial charge in [-0.2, -0.15) is 0 Å². The molecule has 90 valence electrons. The molecular formula is C11H16O3SSe. The van der Waals surface area contributed by atoms with Gasteiger partial charge in [0.2, 0.25) is 0 Å². The second kappa shape index (κ2) is 6.40. The van der Waals surface area contributed by atoms with Crippen molar-refractivity contribution in [3.8, 4) is 0 Å². The quantitative estimate of drug-likeness (QED) is 0.460. The average Bonchev–Trinajstić information content (AvgIpc) is 2.25. The summed E-state index contributed by atoms with van der Waals surface area (Å²) in [7, 11) is -3.55. The van der Waals surface area contributed by atoms with E-state index in [0.717, 1.165) is 17.3 Å². The number of hydrogen-bond acceptors (Lipinski definition) is 3. The van der Waals surface area contributed by atoms with Crippen molar-refractivity contribution in [2.75, 3.05) is 6.61 Å². The van der Waals surface area contributed by atoms with Gasteiger partial charge in [-0.25, -0.2) is 0 Å². The zero-order chi connectivity index (χ0) is 12.0. The van der Waals surface area contributed by atoms with Crippen LogP contribution >= 0.6 is 0 Å². The van der Waals surface area contributed by atoms with E-state index in [0.29, 0.717) is 15.0 Å². The van der Waals surface area contributed by atoms with Crippen molar-refractivity contribution in [2.45, 2.75) is 29.4 Å². The van der Waals surface area contributed by atoms with Crippen LogP contribution < -0.4 is 0 Å². The summed E-state index contributed by atoms with van der Waals surface area (Å²) in [5.41, 5.74) is 1.03. The van der Waals surface area contributed by atoms with Gasteiger partial charge in [0.25, 0.3) is 0 Å². The van der Waals surface area contributed by atoms with Crippen LogP contribution in [0.15, 0.2) is 29.2 Å². The number of aryl methyl sites for hydroxylation is 1. The van der Waals surface area contributed by atoms with E-state index in [4.69, 9.17) is 4.18 Å². The summed E-state index contributed by atoms with van der Waals surface area (Å²) in [6.07, 6.45) is 0.807. The summed E-state index contributed by atoms with van der Waals surface area (Å²) in [5, 5.41) is 1.05. The molecule has 0 bridgehead atoms. The first-order valence-corrected chi connectivity index (χ1v) is 9.34. The molecule has 3 nitrogen and oxygen atoms in total. The molecule has 1 aromatic rings. The second-order valence-electron chi connectivity index (χ2n) is 3.44. The van der Waals surface area contributed by atoms with Crippen LogP contribution in [-0.4, -0.2) is 30.0 Å². The Bertz CT molecular complexity index is 411. The van der Waals surface area contributed by atoms with Gasteiger partial charge in [-0.15, -0.1) is 0 Å². The molecule has 0 saturated heterocycles. The fraction of sp³-hybridized carbons (Fsp3) is 0.455. The van der Waals surface area contributed by atoms with Gasteiger partial charge in [0.1, 0.15) is 0 Å². The summed E-state index contributed by atoms with van der Waals surface area (Å²) >= 11 is 0.580. The van der Waals surface area contributed by atoms with E-state index in [9.17, 15) is 8.42 Å². The van der Waals surface area contributed by atoms with Gasteiger partial charge in [-0.05, 0) is 0 Å². The van der Waals surface area contributed by atoms with Gasteiger partial charge in [0.15, 0.2) is 0 Å². The Labute approximate surface area is 103 Å². The van der Waals surface area contributed by atoms with Gasteiger partial charge in [-0.1, -0.05) is 0 Å². The molecule has 0 spiro atoms. The van der Waals surface area contributed by atoms with Gasteiger partial charge in [0.05, 0.1) is 0 Å². The van der Waals surface area contributed by atoms with Gasteiger partial charge in [-0.3, -0.25) is 0 Å². The van der Waals surface area contributed by atoms with Crippen LogP contribution in [0.2, 0.25) is 11.1 Å². The standard InChI is InChI=1S/C11H16O3SSe/c1-10-4-6-11(7-5-10)15(12,13)14-8-3-9-16-2/h4-7H,3,8-9H2,1-2H3/i16-4. The maximum absolute atomic E-state index is 11.7. The molecule has 0 aromatic heterocycles. The minimum atomic E-state index is -3.55. The van der Waals surface area contributed by atoms with Crippen molar-refractivity contribution in [3.63, 3.8) is 0 Å². The first-order valence-electron chi connectivity index (χ1n) is 5.01. The van der Waals surface area contributed by atoms with Crippen molar-refractivity contribution < 1.29 is 12.6 Å². The molecule has 0 aliphatic rings. The van der Waals surface area contributed by atoms with Crippen LogP contribution in [0.4, 0.5) is 0 Å². The van der Waals surface area contributed by atoms with Crippen molar-refractivity contribution in [3.05, 3.63) is 29.8 Å². The minimum absolute atomic E-state index is 0.236. The summed E-state index contributed by atoms with van der Waals surface area (Å²) in [6.45, 7) is 2.20. The number of benzene rings is 1. The zero-order valence-electron chi connectivity index (χ0n) is 9.47. The average molecular weight is 303 g/mol. The fourth-order valence-corrected chi connectivity index (χ4v) is 2.94. The zero-order valence-corrected chi connectivity index (χ0v) is 12.0. The van der Waals surface area contributed by atoms with Gasteiger partial charge >= 0.3 is 103 Å². The molecule has 0 heterocycles. The fourth-order valence-electron chi connectivity index (χ4n) is 1.14. The normalized spacial score (nSPS) is 11.6. The number of hydrogen-bond donors (Lipinski definition) is 0. The molecule has 0 unspecified atom stereocenters. The SMILES string of the molecule is C[75Se]CCCOS(=O)(=O)c1ccc(C)cc1. The Balaban J connectivity index is 2.60. The van der Waals surface area contributed by atoms with Crippen LogP contribution in [0.1, 0.15) is 12.0 Å². The second-order valence-corrected chi connectivity index (χ2v) is 7.12. The predicted molar refractivity (Wildman–Crippen MR) is 65.4 cm³/mol. The number of rotatable bonds is 6. The summed E-state index contributed by atoms with van der Waals surface area (Å²) in [6, 6.07) is 6.69. The van der Waals surface area contributed by atoms with Crippen molar-refractivity contribution in [1.29, 1.82) is 0 Å². The monoisotopic (exact) mass is 303 g/mol. The molecule has 0 amide bonds. The summed E-state index contributed by atoms with van der Waals surface area (Å²) < 4.78 is 28.3. The van der Waals surface area contributed by atoms with Gasteiger partial charge in [0, 0.05) is 0 Å². The molecule has 16 heavy (non-hydrogen) atoms. The summed E-state index contributed by atoms with van der Waals surface area (Å²) in [4.78, 5) is 0.236. The van der Waals surface area contributed by atoms with Crippen molar-refractivity contribution >= 4 is 25.1 Å². The third-order valence-corrected chi connectivity index (χ3v) is 4.83. The van der Waals surface area contributed by atoms with E-state index in [1.807, 2.05) is 6.92 Å². The van der Waals surface area contributed by atoms with E-state index in [1.165, 1.54) is 0 Å². The third kappa shape index (κ3) is 4.26. The molecule has 0 radical (unpaired) electrons. The first-order chi connectivity index (χ1) is 7.56.